The highest BCUT2D eigenvalue weighted by atomic mass is 79.9. The van der Waals surface area contributed by atoms with Crippen molar-refractivity contribution < 1.29 is 9.84 Å². The monoisotopic (exact) mass is 500 g/mol. The highest BCUT2D eigenvalue weighted by Crippen LogP contribution is 2.39. The summed E-state index contributed by atoms with van der Waals surface area (Å²) in [6, 6.07) is 4.72. The summed E-state index contributed by atoms with van der Waals surface area (Å²) in [5, 5.41) is 15.3. The predicted octanol–water partition coefficient (Wildman–Crippen LogP) is 6.33. The van der Waals surface area contributed by atoms with Gasteiger partial charge in [-0.25, -0.2) is 0 Å². The maximum absolute atomic E-state index is 10.2. The van der Waals surface area contributed by atoms with Crippen LogP contribution >= 0.6 is 66.7 Å². The molecule has 0 aliphatic rings. The molecule has 0 aliphatic heterocycles. The standard InChI is InChI=1S/C14H9Br2Cl3N2O2/c1-23-11-4-8(15)12(16)7(14(11)22)5-20-21-13-9(18)2-6(17)3-10(13)19/h2-5,21-22H,1H3. The number of phenolic OH excluding ortho intramolecular Hbond substituents is 1. The van der Waals surface area contributed by atoms with Gasteiger partial charge in [-0.1, -0.05) is 34.8 Å². The topological polar surface area (TPSA) is 53.8 Å². The van der Waals surface area contributed by atoms with Crippen LogP contribution in [0.25, 0.3) is 0 Å². The molecule has 0 radical (unpaired) electrons. The largest absolute Gasteiger partial charge is 0.504 e. The molecule has 0 saturated heterocycles. The highest BCUT2D eigenvalue weighted by molar-refractivity contribution is 9.13. The van der Waals surface area contributed by atoms with E-state index in [9.17, 15) is 5.11 Å². The molecule has 4 nitrogen and oxygen atoms in total. The zero-order valence-electron chi connectivity index (χ0n) is 11.5. The van der Waals surface area contributed by atoms with E-state index >= 15 is 0 Å². The number of ether oxygens (including phenoxy) is 1. The van der Waals surface area contributed by atoms with Gasteiger partial charge in [0.05, 0.1) is 34.6 Å². The van der Waals surface area contributed by atoms with E-state index in [1.54, 1.807) is 18.2 Å². The summed E-state index contributed by atoms with van der Waals surface area (Å²) >= 11 is 24.7. The molecule has 23 heavy (non-hydrogen) atoms. The van der Waals surface area contributed by atoms with Gasteiger partial charge in [0.25, 0.3) is 0 Å². The van der Waals surface area contributed by atoms with Crippen LogP contribution in [0.15, 0.2) is 32.2 Å². The van der Waals surface area contributed by atoms with Gasteiger partial charge < -0.3 is 9.84 Å². The van der Waals surface area contributed by atoms with E-state index in [0.717, 1.165) is 0 Å². The van der Waals surface area contributed by atoms with Crippen LogP contribution in [0.4, 0.5) is 5.69 Å². The molecule has 122 valence electrons. The van der Waals surface area contributed by atoms with Gasteiger partial charge in [-0.2, -0.15) is 5.10 Å². The van der Waals surface area contributed by atoms with Crippen molar-refractivity contribution >= 4 is 78.6 Å². The number of hydrazone groups is 1. The lowest BCUT2D eigenvalue weighted by Gasteiger charge is -2.10. The van der Waals surface area contributed by atoms with Gasteiger partial charge in [-0.05, 0) is 50.1 Å². The van der Waals surface area contributed by atoms with Gasteiger partial charge in [0, 0.05) is 14.0 Å². The Kier molecular flexibility index (Phi) is 6.45. The molecular weight excluding hydrogens is 494 g/mol. The Morgan fingerprint density at radius 2 is 1.78 bits per heavy atom. The lowest BCUT2D eigenvalue weighted by atomic mass is 10.2. The van der Waals surface area contributed by atoms with Gasteiger partial charge >= 0.3 is 0 Å². The van der Waals surface area contributed by atoms with Crippen molar-refractivity contribution in [1.82, 2.24) is 0 Å². The first kappa shape index (κ1) is 18.7. The lowest BCUT2D eigenvalue weighted by Crippen LogP contribution is -1.96. The zero-order chi connectivity index (χ0) is 17.1. The van der Waals surface area contributed by atoms with E-state index in [1.807, 2.05) is 0 Å². The summed E-state index contributed by atoms with van der Waals surface area (Å²) < 4.78 is 6.42. The van der Waals surface area contributed by atoms with Crippen molar-refractivity contribution in [3.05, 3.63) is 47.8 Å². The van der Waals surface area contributed by atoms with E-state index in [-0.39, 0.29) is 5.75 Å². The van der Waals surface area contributed by atoms with Gasteiger partial charge in [0.15, 0.2) is 11.5 Å². The molecule has 0 aliphatic carbocycles. The van der Waals surface area contributed by atoms with Crippen LogP contribution in [0.1, 0.15) is 5.56 Å². The minimum atomic E-state index is -0.0542. The number of methoxy groups -OCH3 is 1. The molecule has 0 unspecified atom stereocenters. The third-order valence-corrected chi connectivity index (χ3v) is 5.62. The number of rotatable bonds is 4. The van der Waals surface area contributed by atoms with Gasteiger partial charge in [0.1, 0.15) is 0 Å². The second-order valence-corrected chi connectivity index (χ2v) is 7.15. The minimum Gasteiger partial charge on any atom is -0.504 e. The first-order valence-electron chi connectivity index (χ1n) is 6.03. The maximum Gasteiger partial charge on any atom is 0.167 e. The zero-order valence-corrected chi connectivity index (χ0v) is 16.9. The molecule has 2 N–H and O–H groups in total. The van der Waals surface area contributed by atoms with Crippen molar-refractivity contribution in [3.8, 4) is 11.5 Å². The predicted molar refractivity (Wildman–Crippen MR) is 103 cm³/mol. The first-order chi connectivity index (χ1) is 10.8. The van der Waals surface area contributed by atoms with E-state index in [2.05, 4.69) is 42.4 Å². The fourth-order valence-electron chi connectivity index (χ4n) is 1.70. The Hall–Kier alpha value is -0.660. The Labute approximate surface area is 164 Å². The fraction of sp³-hybridized carbons (Fsp3) is 0.0714. The van der Waals surface area contributed by atoms with Gasteiger partial charge in [0.2, 0.25) is 0 Å². The second-order valence-electron chi connectivity index (χ2n) is 4.25. The Bertz CT molecular complexity index is 762. The van der Waals surface area contributed by atoms with Crippen LogP contribution in [-0.4, -0.2) is 18.4 Å². The van der Waals surface area contributed by atoms with Crippen LogP contribution in [-0.2, 0) is 0 Å². The quantitative estimate of drug-likeness (QED) is 0.379. The van der Waals surface area contributed by atoms with Crippen LogP contribution in [0.2, 0.25) is 15.1 Å². The number of hydrogen-bond donors (Lipinski definition) is 2. The number of nitrogens with zero attached hydrogens (tertiary/aromatic N) is 1. The average Bonchev–Trinajstić information content (AvgIpc) is 2.48. The summed E-state index contributed by atoms with van der Waals surface area (Å²) in [7, 11) is 1.46. The molecular formula is C14H9Br2Cl3N2O2. The van der Waals surface area contributed by atoms with Crippen molar-refractivity contribution in [2.24, 2.45) is 5.10 Å². The van der Waals surface area contributed by atoms with E-state index in [0.29, 0.717) is 41.0 Å². The Morgan fingerprint density at radius 3 is 2.35 bits per heavy atom. The van der Waals surface area contributed by atoms with Crippen molar-refractivity contribution in [1.29, 1.82) is 0 Å². The van der Waals surface area contributed by atoms with E-state index in [4.69, 9.17) is 39.5 Å². The number of phenols is 1. The van der Waals surface area contributed by atoms with Crippen LogP contribution in [0, 0.1) is 0 Å². The summed E-state index contributed by atoms with van der Waals surface area (Å²) in [6.45, 7) is 0. The molecule has 2 aromatic rings. The lowest BCUT2D eigenvalue weighted by molar-refractivity contribution is 0.372. The molecule has 0 aromatic heterocycles. The fourth-order valence-corrected chi connectivity index (χ4v) is 3.42. The van der Waals surface area contributed by atoms with Crippen molar-refractivity contribution in [2.75, 3.05) is 12.5 Å². The summed E-state index contributed by atoms with van der Waals surface area (Å²) in [4.78, 5) is 0. The molecule has 9 heteroatoms. The summed E-state index contributed by atoms with van der Waals surface area (Å²) in [5.74, 6) is 0.255. The molecule has 0 atom stereocenters. The van der Waals surface area contributed by atoms with Crippen molar-refractivity contribution in [2.45, 2.75) is 0 Å². The molecule has 0 amide bonds. The maximum atomic E-state index is 10.2. The van der Waals surface area contributed by atoms with Crippen LogP contribution < -0.4 is 10.2 Å². The van der Waals surface area contributed by atoms with Crippen LogP contribution in [0.3, 0.4) is 0 Å². The SMILES string of the molecule is COc1cc(Br)c(Br)c(C=NNc2c(Cl)cc(Cl)cc2Cl)c1O. The molecule has 2 aromatic carbocycles. The smallest absolute Gasteiger partial charge is 0.167 e. The van der Waals surface area contributed by atoms with E-state index < -0.39 is 0 Å². The Balaban J connectivity index is 2.34. The third kappa shape index (κ3) is 4.25. The average molecular weight is 503 g/mol. The normalized spacial score (nSPS) is 11.0. The molecule has 0 fully saturated rings. The van der Waals surface area contributed by atoms with Crippen molar-refractivity contribution in [3.63, 3.8) is 0 Å². The molecule has 0 spiro atoms. The number of halogens is 5. The number of anilines is 1. The molecule has 2 rings (SSSR count). The molecule has 0 heterocycles. The highest BCUT2D eigenvalue weighted by Gasteiger charge is 2.14. The third-order valence-electron chi connectivity index (χ3n) is 2.79. The Morgan fingerprint density at radius 1 is 1.17 bits per heavy atom. The van der Waals surface area contributed by atoms with Crippen LogP contribution in [0.5, 0.6) is 11.5 Å². The van der Waals surface area contributed by atoms with Gasteiger partial charge in [-0.3, -0.25) is 5.43 Å². The van der Waals surface area contributed by atoms with Gasteiger partial charge in [-0.15, -0.1) is 0 Å². The number of aromatic hydroxyl groups is 1. The summed E-state index contributed by atoms with van der Waals surface area (Å²) in [5.41, 5.74) is 3.56. The van der Waals surface area contributed by atoms with E-state index in [1.165, 1.54) is 13.3 Å². The second kappa shape index (κ2) is 7.94. The number of benzene rings is 2. The first-order valence-corrected chi connectivity index (χ1v) is 8.75. The minimum absolute atomic E-state index is 0.0542. The number of hydrogen-bond acceptors (Lipinski definition) is 4. The number of nitrogens with one attached hydrogen (secondary N) is 1. The summed E-state index contributed by atoms with van der Waals surface area (Å²) in [6.07, 6.45) is 1.41. The molecule has 0 saturated carbocycles. The molecule has 0 bridgehead atoms.